The fourth-order valence-electron chi connectivity index (χ4n) is 2.70. The Labute approximate surface area is 163 Å². The van der Waals surface area contributed by atoms with E-state index in [1.807, 2.05) is 32.9 Å². The first kappa shape index (κ1) is 19.2. The van der Waals surface area contributed by atoms with Crippen LogP contribution in [0.1, 0.15) is 20.8 Å². The van der Waals surface area contributed by atoms with Crippen LogP contribution in [0.5, 0.6) is 0 Å². The van der Waals surface area contributed by atoms with Gasteiger partial charge in [-0.05, 0) is 32.9 Å². The van der Waals surface area contributed by atoms with Crippen LogP contribution in [0.2, 0.25) is 5.15 Å². The molecular weight excluding hydrogens is 368 g/mol. The summed E-state index contributed by atoms with van der Waals surface area (Å²) in [5.41, 5.74) is 6.64. The normalized spacial score (nSPS) is 15.0. The van der Waals surface area contributed by atoms with E-state index in [2.05, 4.69) is 19.9 Å². The first-order valence-corrected chi connectivity index (χ1v) is 9.08. The number of aromatic nitrogens is 3. The quantitative estimate of drug-likeness (QED) is 0.841. The number of hydrogen-bond acceptors (Lipinski definition) is 7. The van der Waals surface area contributed by atoms with Gasteiger partial charge in [0.25, 0.3) is 0 Å². The largest absolute Gasteiger partial charge is 0.444 e. The van der Waals surface area contributed by atoms with E-state index in [4.69, 9.17) is 22.1 Å². The van der Waals surface area contributed by atoms with E-state index >= 15 is 0 Å². The number of anilines is 2. The minimum Gasteiger partial charge on any atom is -0.444 e. The second kappa shape index (κ2) is 7.56. The number of rotatable bonds is 2. The monoisotopic (exact) mass is 390 g/mol. The molecule has 1 aliphatic heterocycles. The van der Waals surface area contributed by atoms with E-state index in [1.165, 1.54) is 0 Å². The van der Waals surface area contributed by atoms with Crippen LogP contribution in [0.4, 0.5) is 16.4 Å². The number of carbonyl (C=O) groups is 1. The van der Waals surface area contributed by atoms with Crippen molar-refractivity contribution in [2.45, 2.75) is 26.4 Å². The van der Waals surface area contributed by atoms with Crippen molar-refractivity contribution in [2.24, 2.45) is 0 Å². The first-order valence-electron chi connectivity index (χ1n) is 8.70. The summed E-state index contributed by atoms with van der Waals surface area (Å²) in [5.74, 6) is 1.04. The van der Waals surface area contributed by atoms with Gasteiger partial charge in [0.05, 0.1) is 11.9 Å². The van der Waals surface area contributed by atoms with Crippen molar-refractivity contribution in [1.82, 2.24) is 19.9 Å². The molecule has 0 saturated carbocycles. The van der Waals surface area contributed by atoms with Gasteiger partial charge >= 0.3 is 6.09 Å². The molecule has 144 valence electrons. The van der Waals surface area contributed by atoms with E-state index in [9.17, 15) is 4.79 Å². The Morgan fingerprint density at radius 2 is 1.85 bits per heavy atom. The predicted molar refractivity (Wildman–Crippen MR) is 105 cm³/mol. The van der Waals surface area contributed by atoms with E-state index in [-0.39, 0.29) is 17.1 Å². The Kier molecular flexibility index (Phi) is 5.36. The predicted octanol–water partition coefficient (Wildman–Crippen LogP) is 2.83. The van der Waals surface area contributed by atoms with Gasteiger partial charge in [0, 0.05) is 37.9 Å². The van der Waals surface area contributed by atoms with Gasteiger partial charge in [-0.1, -0.05) is 11.6 Å². The second-order valence-electron chi connectivity index (χ2n) is 7.29. The minimum absolute atomic E-state index is 0.186. The van der Waals surface area contributed by atoms with Gasteiger partial charge in [-0.15, -0.1) is 0 Å². The number of nitrogen functional groups attached to an aromatic ring is 1. The third-order valence-electron chi connectivity index (χ3n) is 4.05. The molecule has 2 aromatic heterocycles. The molecule has 0 bridgehead atoms. The highest BCUT2D eigenvalue weighted by Crippen LogP contribution is 2.23. The van der Waals surface area contributed by atoms with Gasteiger partial charge in [-0.25, -0.2) is 19.7 Å². The van der Waals surface area contributed by atoms with Crippen LogP contribution in [0.25, 0.3) is 11.3 Å². The zero-order valence-electron chi connectivity index (χ0n) is 15.6. The van der Waals surface area contributed by atoms with E-state index in [1.54, 1.807) is 17.3 Å². The van der Waals surface area contributed by atoms with Gasteiger partial charge in [-0.3, -0.25) is 0 Å². The Balaban J connectivity index is 1.62. The number of amides is 1. The maximum Gasteiger partial charge on any atom is 0.410 e. The van der Waals surface area contributed by atoms with Crippen molar-refractivity contribution >= 4 is 29.3 Å². The summed E-state index contributed by atoms with van der Waals surface area (Å²) in [6.45, 7) is 8.18. The third-order valence-corrected chi connectivity index (χ3v) is 4.34. The molecule has 27 heavy (non-hydrogen) atoms. The highest BCUT2D eigenvalue weighted by Gasteiger charge is 2.26. The summed E-state index contributed by atoms with van der Waals surface area (Å²) < 4.78 is 5.42. The molecule has 1 amide bonds. The molecule has 0 aliphatic carbocycles. The highest BCUT2D eigenvalue weighted by molar-refractivity contribution is 6.31. The third kappa shape index (κ3) is 4.77. The molecule has 1 aliphatic rings. The van der Waals surface area contributed by atoms with Gasteiger partial charge < -0.3 is 20.3 Å². The number of pyridine rings is 1. The van der Waals surface area contributed by atoms with Gasteiger partial charge in [0.15, 0.2) is 11.0 Å². The molecule has 0 atom stereocenters. The van der Waals surface area contributed by atoms with Crippen molar-refractivity contribution < 1.29 is 9.53 Å². The van der Waals surface area contributed by atoms with E-state index in [0.29, 0.717) is 31.9 Å². The summed E-state index contributed by atoms with van der Waals surface area (Å²) in [4.78, 5) is 28.7. The second-order valence-corrected chi connectivity index (χ2v) is 7.65. The lowest BCUT2D eigenvalue weighted by atomic mass is 10.2. The average molecular weight is 391 g/mol. The summed E-state index contributed by atoms with van der Waals surface area (Å²) in [7, 11) is 0. The lowest BCUT2D eigenvalue weighted by molar-refractivity contribution is 0.0240. The number of halogens is 1. The van der Waals surface area contributed by atoms with Gasteiger partial charge in [0.1, 0.15) is 11.4 Å². The van der Waals surface area contributed by atoms with Gasteiger partial charge in [-0.2, -0.15) is 0 Å². The molecule has 0 spiro atoms. The molecule has 3 heterocycles. The molecular formula is C18H23ClN6O2. The Hall–Kier alpha value is -2.61. The van der Waals surface area contributed by atoms with Crippen LogP contribution < -0.4 is 10.6 Å². The summed E-state index contributed by atoms with van der Waals surface area (Å²) >= 11 is 5.81. The summed E-state index contributed by atoms with van der Waals surface area (Å²) in [6.07, 6.45) is 3.02. The summed E-state index contributed by atoms with van der Waals surface area (Å²) in [5, 5.41) is 0.186. The van der Waals surface area contributed by atoms with Crippen molar-refractivity contribution in [3.05, 3.63) is 29.7 Å². The maximum absolute atomic E-state index is 12.1. The molecule has 8 nitrogen and oxygen atoms in total. The zero-order valence-corrected chi connectivity index (χ0v) is 16.4. The van der Waals surface area contributed by atoms with Gasteiger partial charge in [0.2, 0.25) is 0 Å². The zero-order chi connectivity index (χ0) is 19.6. The smallest absolute Gasteiger partial charge is 0.410 e. The number of nitrogens with two attached hydrogens (primary N) is 1. The van der Waals surface area contributed by atoms with Crippen molar-refractivity contribution in [1.29, 1.82) is 0 Å². The molecule has 0 radical (unpaired) electrons. The Bertz CT molecular complexity index is 814. The summed E-state index contributed by atoms with van der Waals surface area (Å²) in [6, 6.07) is 3.84. The van der Waals surface area contributed by atoms with Crippen LogP contribution in [-0.2, 0) is 4.74 Å². The van der Waals surface area contributed by atoms with Crippen LogP contribution in [0, 0.1) is 0 Å². The molecule has 1 fully saturated rings. The molecule has 0 aromatic carbocycles. The van der Waals surface area contributed by atoms with Crippen LogP contribution in [0.15, 0.2) is 24.5 Å². The number of ether oxygens (including phenoxy) is 1. The van der Waals surface area contributed by atoms with E-state index < -0.39 is 5.60 Å². The molecule has 2 aromatic rings. The topological polar surface area (TPSA) is 97.5 Å². The van der Waals surface area contributed by atoms with Crippen LogP contribution in [0.3, 0.4) is 0 Å². The molecule has 2 N–H and O–H groups in total. The van der Waals surface area contributed by atoms with Crippen LogP contribution >= 0.6 is 11.6 Å². The van der Waals surface area contributed by atoms with Crippen LogP contribution in [-0.4, -0.2) is 57.7 Å². The standard InChI is InChI=1S/C18H23ClN6O2/c1-18(2,3)27-17(26)25-8-6-24(7-9-25)14-5-4-12(10-21-14)13-11-22-15(19)16(20)23-13/h4-5,10-11H,6-9H2,1-3H3,(H2,20,23). The minimum atomic E-state index is -0.487. The maximum atomic E-state index is 12.1. The van der Waals surface area contributed by atoms with E-state index in [0.717, 1.165) is 11.4 Å². The molecule has 9 heteroatoms. The number of hydrogen-bond donors (Lipinski definition) is 1. The number of piperazine rings is 1. The van der Waals surface area contributed by atoms with Crippen molar-refractivity contribution in [3.8, 4) is 11.3 Å². The fourth-order valence-corrected chi connectivity index (χ4v) is 2.79. The molecule has 3 rings (SSSR count). The lowest BCUT2D eigenvalue weighted by Gasteiger charge is -2.36. The SMILES string of the molecule is CC(C)(C)OC(=O)N1CCN(c2ccc(-c3cnc(Cl)c(N)n3)cn2)CC1. The van der Waals surface area contributed by atoms with Crippen molar-refractivity contribution in [2.75, 3.05) is 36.8 Å². The number of carbonyl (C=O) groups excluding carboxylic acids is 1. The highest BCUT2D eigenvalue weighted by atomic mass is 35.5. The molecule has 0 unspecified atom stereocenters. The Morgan fingerprint density at radius 1 is 1.15 bits per heavy atom. The average Bonchev–Trinajstić information content (AvgIpc) is 2.63. The lowest BCUT2D eigenvalue weighted by Crippen LogP contribution is -2.50. The number of nitrogens with zero attached hydrogens (tertiary/aromatic N) is 5. The first-order chi connectivity index (χ1) is 12.7. The fraction of sp³-hybridized carbons (Fsp3) is 0.444. The molecule has 1 saturated heterocycles. The Morgan fingerprint density at radius 3 is 2.41 bits per heavy atom. The van der Waals surface area contributed by atoms with Crippen molar-refractivity contribution in [3.63, 3.8) is 0 Å².